The van der Waals surface area contributed by atoms with E-state index in [0.717, 1.165) is 11.1 Å². The second-order valence-electron chi connectivity index (χ2n) is 8.08. The predicted molar refractivity (Wildman–Crippen MR) is 125 cm³/mol. The van der Waals surface area contributed by atoms with E-state index < -0.39 is 10.0 Å². The van der Waals surface area contributed by atoms with Crippen molar-refractivity contribution in [3.63, 3.8) is 0 Å². The molecule has 0 atom stereocenters. The van der Waals surface area contributed by atoms with E-state index in [2.05, 4.69) is 9.97 Å². The Kier molecular flexibility index (Phi) is 6.47. The van der Waals surface area contributed by atoms with Gasteiger partial charge in [-0.05, 0) is 24.3 Å². The maximum absolute atomic E-state index is 13.1. The molecule has 1 fully saturated rings. The molecule has 1 saturated heterocycles. The first-order valence-electron chi connectivity index (χ1n) is 10.2. The second kappa shape index (κ2) is 8.90. The van der Waals surface area contributed by atoms with Crippen molar-refractivity contribution in [2.24, 2.45) is 0 Å². The summed E-state index contributed by atoms with van der Waals surface area (Å²) in [5, 5.41) is 5.38. The van der Waals surface area contributed by atoms with Crippen LogP contribution >= 0.6 is 24.0 Å². The Bertz CT molecular complexity index is 1270. The van der Waals surface area contributed by atoms with Gasteiger partial charge in [0, 0.05) is 56.2 Å². The Hall–Kier alpha value is -2.15. The average molecular weight is 515 g/mol. The normalized spacial score (nSPS) is 18.3. The van der Waals surface area contributed by atoms with Crippen molar-refractivity contribution in [1.29, 1.82) is 0 Å². The molecule has 0 radical (unpaired) electrons. The molecule has 2 aliphatic rings. The molecule has 33 heavy (non-hydrogen) atoms. The minimum atomic E-state index is -3.72. The number of fused-ring (bicyclic) bond motifs is 2. The lowest BCUT2D eigenvalue weighted by molar-refractivity contribution is -0.0103. The number of carbonyl (C=O) groups excluding carboxylic acids is 1. The zero-order valence-corrected chi connectivity index (χ0v) is 20.5. The molecule has 2 aliphatic heterocycles. The minimum absolute atomic E-state index is 0. The number of aromatic amines is 1. The van der Waals surface area contributed by atoms with Crippen LogP contribution in [0.25, 0.3) is 10.9 Å². The first-order valence-corrected chi connectivity index (χ1v) is 12.0. The van der Waals surface area contributed by atoms with Crippen LogP contribution in [-0.4, -0.2) is 83.8 Å². The van der Waals surface area contributed by atoms with Crippen LogP contribution in [0.3, 0.4) is 0 Å². The lowest BCUT2D eigenvalue weighted by atomic mass is 10.2. The molecule has 0 unspecified atom stereocenters. The third-order valence-electron chi connectivity index (χ3n) is 6.00. The van der Waals surface area contributed by atoms with Crippen LogP contribution in [0, 0.1) is 0 Å². The molecule has 0 spiro atoms. The summed E-state index contributed by atoms with van der Waals surface area (Å²) in [4.78, 5) is 21.8. The van der Waals surface area contributed by atoms with Crippen LogP contribution in [0.5, 0.6) is 0 Å². The summed E-state index contributed by atoms with van der Waals surface area (Å²) < 4.78 is 33.3. The van der Waals surface area contributed by atoms with Crippen LogP contribution in [0.1, 0.15) is 22.1 Å². The van der Waals surface area contributed by atoms with E-state index in [4.69, 9.17) is 16.0 Å². The van der Waals surface area contributed by atoms with E-state index in [9.17, 15) is 13.2 Å². The molecule has 4 heterocycles. The van der Waals surface area contributed by atoms with E-state index >= 15 is 0 Å². The lowest BCUT2D eigenvalue weighted by Crippen LogP contribution is -2.50. The molecule has 1 N–H and O–H groups in total. The number of hydrazine groups is 1. The van der Waals surface area contributed by atoms with E-state index in [0.29, 0.717) is 29.4 Å². The second-order valence-corrected chi connectivity index (χ2v) is 10.4. The third kappa shape index (κ3) is 4.36. The van der Waals surface area contributed by atoms with Gasteiger partial charge in [-0.2, -0.15) is 4.31 Å². The molecule has 0 bridgehead atoms. The highest BCUT2D eigenvalue weighted by Crippen LogP contribution is 2.26. The molecule has 5 rings (SSSR count). The quantitative estimate of drug-likeness (QED) is 0.570. The number of oxazole rings is 1. The Labute approximate surface area is 202 Å². The number of hydrogen-bond donors (Lipinski definition) is 1. The van der Waals surface area contributed by atoms with Crippen molar-refractivity contribution in [1.82, 2.24) is 29.2 Å². The van der Waals surface area contributed by atoms with Crippen LogP contribution < -0.4 is 0 Å². The Morgan fingerprint density at radius 3 is 2.52 bits per heavy atom. The highest BCUT2D eigenvalue weighted by Gasteiger charge is 2.34. The highest BCUT2D eigenvalue weighted by atomic mass is 35.5. The highest BCUT2D eigenvalue weighted by molar-refractivity contribution is 7.89. The fourth-order valence-electron chi connectivity index (χ4n) is 4.01. The van der Waals surface area contributed by atoms with Crippen molar-refractivity contribution in [2.75, 3.05) is 40.3 Å². The van der Waals surface area contributed by atoms with E-state index in [1.54, 1.807) is 29.2 Å². The monoisotopic (exact) mass is 514 g/mol. The van der Waals surface area contributed by atoms with Crippen LogP contribution in [0.4, 0.5) is 0 Å². The molecule has 178 valence electrons. The van der Waals surface area contributed by atoms with Gasteiger partial charge in [0.15, 0.2) is 0 Å². The zero-order chi connectivity index (χ0) is 22.6. The largest absolute Gasteiger partial charge is 0.436 e. The van der Waals surface area contributed by atoms with Gasteiger partial charge >= 0.3 is 5.91 Å². The molecular weight excluding hydrogens is 491 g/mol. The smallest absolute Gasteiger partial charge is 0.309 e. The van der Waals surface area contributed by atoms with Crippen molar-refractivity contribution >= 4 is 50.8 Å². The topological polar surface area (TPSA) is 106 Å². The maximum Gasteiger partial charge on any atom is 0.309 e. The summed E-state index contributed by atoms with van der Waals surface area (Å²) >= 11 is 6.01. The summed E-state index contributed by atoms with van der Waals surface area (Å²) in [6.45, 7) is 2.03. The summed E-state index contributed by atoms with van der Waals surface area (Å²) in [5.74, 6) is 0.429. The number of carbonyl (C=O) groups is 1. The first kappa shape index (κ1) is 24.0. The molecule has 10 nitrogen and oxygen atoms in total. The summed E-state index contributed by atoms with van der Waals surface area (Å²) in [6.07, 6.45) is 0. The van der Waals surface area contributed by atoms with Gasteiger partial charge in [-0.1, -0.05) is 11.6 Å². The number of amides is 1. The average Bonchev–Trinajstić information content (AvgIpc) is 3.37. The molecule has 0 aliphatic carbocycles. The number of nitrogens with zero attached hydrogens (tertiary/aromatic N) is 5. The number of benzene rings is 1. The summed E-state index contributed by atoms with van der Waals surface area (Å²) in [5.41, 5.74) is 1.46. The van der Waals surface area contributed by atoms with Crippen molar-refractivity contribution in [3.8, 4) is 0 Å². The van der Waals surface area contributed by atoms with Gasteiger partial charge in [0.25, 0.3) is 15.9 Å². The molecule has 3 aromatic rings. The van der Waals surface area contributed by atoms with Gasteiger partial charge in [-0.15, -0.1) is 12.4 Å². The van der Waals surface area contributed by atoms with Gasteiger partial charge in [0.2, 0.25) is 0 Å². The SMILES string of the molecule is CN1Cc2nc(C(=O)N3CCN(S(=O)(=O)c4cc5cc(Cl)ccc5[nH]4)CC3)oc2CN1C.Cl. The fourth-order valence-corrected chi connectivity index (χ4v) is 5.63. The number of sulfonamides is 1. The van der Waals surface area contributed by atoms with Crippen molar-refractivity contribution < 1.29 is 17.6 Å². The van der Waals surface area contributed by atoms with E-state index in [1.165, 1.54) is 4.31 Å². The number of halogens is 2. The van der Waals surface area contributed by atoms with Gasteiger partial charge < -0.3 is 14.3 Å². The van der Waals surface area contributed by atoms with Gasteiger partial charge in [-0.25, -0.2) is 23.4 Å². The van der Waals surface area contributed by atoms with Gasteiger partial charge in [-0.3, -0.25) is 4.79 Å². The summed E-state index contributed by atoms with van der Waals surface area (Å²) in [6, 6.07) is 6.75. The Morgan fingerprint density at radius 1 is 1.09 bits per heavy atom. The number of piperazine rings is 1. The van der Waals surface area contributed by atoms with Crippen LogP contribution in [-0.2, 0) is 23.1 Å². The molecule has 0 saturated carbocycles. The fraction of sp³-hybridized carbons (Fsp3) is 0.400. The molecule has 1 amide bonds. The number of rotatable bonds is 3. The molecule has 13 heteroatoms. The maximum atomic E-state index is 13.1. The predicted octanol–water partition coefficient (Wildman–Crippen LogP) is 2.17. The number of aromatic nitrogens is 2. The van der Waals surface area contributed by atoms with Crippen molar-refractivity contribution in [2.45, 2.75) is 18.1 Å². The zero-order valence-electron chi connectivity index (χ0n) is 18.1. The third-order valence-corrected chi connectivity index (χ3v) is 8.05. The van der Waals surface area contributed by atoms with Gasteiger partial charge in [0.1, 0.15) is 10.8 Å². The first-order chi connectivity index (χ1) is 15.2. The lowest BCUT2D eigenvalue weighted by Gasteiger charge is -2.33. The van der Waals surface area contributed by atoms with Crippen molar-refractivity contribution in [3.05, 3.63) is 46.6 Å². The standard InChI is InChI=1S/C20H23ClN6O4S.ClH/c1-24-11-16-17(12-25(24)2)31-19(23-16)20(28)26-5-7-27(8-6-26)32(29,30)18-10-13-9-14(21)3-4-15(13)22-18;/h3-4,9-10,22H,5-8,11-12H2,1-2H3;1H. The number of hydrogen-bond acceptors (Lipinski definition) is 7. The Balaban J connectivity index is 0.00000259. The van der Waals surface area contributed by atoms with Gasteiger partial charge in [0.05, 0.1) is 18.8 Å². The van der Waals surface area contributed by atoms with E-state index in [-0.39, 0.29) is 55.4 Å². The molecule has 2 aromatic heterocycles. The number of nitrogens with one attached hydrogen (secondary N) is 1. The summed E-state index contributed by atoms with van der Waals surface area (Å²) in [7, 11) is 0.165. The van der Waals surface area contributed by atoms with Crippen LogP contribution in [0.2, 0.25) is 5.02 Å². The Morgan fingerprint density at radius 2 is 1.79 bits per heavy atom. The van der Waals surface area contributed by atoms with E-state index in [1.807, 2.05) is 24.1 Å². The van der Waals surface area contributed by atoms with Crippen LogP contribution in [0.15, 0.2) is 33.7 Å². The molecule has 1 aromatic carbocycles. The molecular formula is C20H24Cl2N6O4S. The minimum Gasteiger partial charge on any atom is -0.436 e. The number of H-pyrrole nitrogens is 1.